The summed E-state index contributed by atoms with van der Waals surface area (Å²) >= 11 is 0. The smallest absolute Gasteiger partial charge is 0.349 e. The second-order valence-corrected chi connectivity index (χ2v) is 3.99. The number of hydrogen-bond donors (Lipinski definition) is 1. The molecule has 80 valence electrons. The van der Waals surface area contributed by atoms with Crippen LogP contribution in [0.2, 0.25) is 0 Å². The van der Waals surface area contributed by atoms with Crippen LogP contribution in [0.25, 0.3) is 0 Å². The van der Waals surface area contributed by atoms with E-state index in [0.717, 1.165) is 0 Å². The summed E-state index contributed by atoms with van der Waals surface area (Å²) in [7, 11) is 0. The van der Waals surface area contributed by atoms with Gasteiger partial charge in [0.05, 0.1) is 0 Å². The summed E-state index contributed by atoms with van der Waals surface area (Å²) in [6, 6.07) is 7.05. The molecule has 0 amide bonds. The zero-order valence-corrected chi connectivity index (χ0v) is 8.56. The predicted octanol–water partition coefficient (Wildman–Crippen LogP) is 1.69. The fourth-order valence-electron chi connectivity index (χ4n) is 1.59. The van der Waals surface area contributed by atoms with Gasteiger partial charge >= 0.3 is 5.97 Å². The van der Waals surface area contributed by atoms with Gasteiger partial charge in [-0.3, -0.25) is 0 Å². The molecule has 1 aromatic rings. The minimum absolute atomic E-state index is 0.476. The van der Waals surface area contributed by atoms with E-state index in [0.29, 0.717) is 11.5 Å². The van der Waals surface area contributed by atoms with Crippen LogP contribution in [0.3, 0.4) is 0 Å². The number of benzene rings is 1. The molecule has 0 spiro atoms. The zero-order chi connectivity index (χ0) is 11.1. The molecule has 4 nitrogen and oxygen atoms in total. The van der Waals surface area contributed by atoms with E-state index in [1.807, 2.05) is 6.07 Å². The summed E-state index contributed by atoms with van der Waals surface area (Å²) in [4.78, 5) is 11.0. The minimum Gasteiger partial charge on any atom is -0.479 e. The molecule has 0 saturated heterocycles. The highest BCUT2D eigenvalue weighted by Gasteiger charge is 2.43. The van der Waals surface area contributed by atoms with Gasteiger partial charge < -0.3 is 14.6 Å². The molecule has 15 heavy (non-hydrogen) atoms. The first-order valence-electron chi connectivity index (χ1n) is 4.68. The Morgan fingerprint density at radius 2 is 1.93 bits per heavy atom. The van der Waals surface area contributed by atoms with Crippen LogP contribution in [0.4, 0.5) is 0 Å². The minimum atomic E-state index is -1.02. The van der Waals surface area contributed by atoms with E-state index in [9.17, 15) is 4.79 Å². The van der Waals surface area contributed by atoms with Crippen molar-refractivity contribution < 1.29 is 19.4 Å². The molecule has 4 heteroatoms. The standard InChI is InChI=1S/C11H12O4/c1-11(2)9(10(12)13)14-7-5-3-4-6-8(7)15-11/h3-6,9H,1-2H3,(H,12,13). The topological polar surface area (TPSA) is 55.8 Å². The maximum Gasteiger partial charge on any atom is 0.349 e. The first kappa shape index (κ1) is 9.83. The Morgan fingerprint density at radius 3 is 2.53 bits per heavy atom. The molecule has 0 radical (unpaired) electrons. The van der Waals surface area contributed by atoms with Gasteiger partial charge in [0.2, 0.25) is 6.10 Å². The van der Waals surface area contributed by atoms with Crippen LogP contribution >= 0.6 is 0 Å². The van der Waals surface area contributed by atoms with Crippen LogP contribution < -0.4 is 9.47 Å². The number of fused-ring (bicyclic) bond motifs is 1. The van der Waals surface area contributed by atoms with Gasteiger partial charge in [0.1, 0.15) is 0 Å². The van der Waals surface area contributed by atoms with Gasteiger partial charge in [-0.15, -0.1) is 0 Å². The molecule has 0 aromatic heterocycles. The molecule has 1 N–H and O–H groups in total. The quantitative estimate of drug-likeness (QED) is 0.763. The van der Waals surface area contributed by atoms with Crippen LogP contribution in [-0.4, -0.2) is 22.8 Å². The van der Waals surface area contributed by atoms with Crippen molar-refractivity contribution in [1.82, 2.24) is 0 Å². The molecule has 0 aliphatic carbocycles. The van der Waals surface area contributed by atoms with E-state index in [2.05, 4.69) is 0 Å². The number of para-hydroxylation sites is 2. The first-order valence-corrected chi connectivity index (χ1v) is 4.68. The Bertz CT molecular complexity index is 397. The second-order valence-electron chi connectivity index (χ2n) is 3.99. The lowest BCUT2D eigenvalue weighted by atomic mass is 10.00. The van der Waals surface area contributed by atoms with Gasteiger partial charge in [-0.1, -0.05) is 12.1 Å². The normalized spacial score (nSPS) is 22.1. The number of carboxylic acids is 1. The number of hydrogen-bond acceptors (Lipinski definition) is 3. The maximum atomic E-state index is 11.0. The summed E-state index contributed by atoms with van der Waals surface area (Å²) in [6.45, 7) is 3.39. The van der Waals surface area contributed by atoms with Crippen molar-refractivity contribution in [2.75, 3.05) is 0 Å². The second kappa shape index (κ2) is 3.15. The molecule has 1 aliphatic heterocycles. The van der Waals surface area contributed by atoms with E-state index in [-0.39, 0.29) is 0 Å². The van der Waals surface area contributed by atoms with Gasteiger partial charge in [-0.2, -0.15) is 0 Å². The highest BCUT2D eigenvalue weighted by molar-refractivity contribution is 5.75. The molecule has 1 aromatic carbocycles. The van der Waals surface area contributed by atoms with Crippen molar-refractivity contribution in [3.05, 3.63) is 24.3 Å². The third-order valence-electron chi connectivity index (χ3n) is 2.32. The number of ether oxygens (including phenoxy) is 2. The van der Waals surface area contributed by atoms with Crippen molar-refractivity contribution in [3.8, 4) is 11.5 Å². The summed E-state index contributed by atoms with van der Waals surface area (Å²) in [6.07, 6.45) is -0.979. The van der Waals surface area contributed by atoms with Crippen molar-refractivity contribution in [3.63, 3.8) is 0 Å². The third-order valence-corrected chi connectivity index (χ3v) is 2.32. The van der Waals surface area contributed by atoms with E-state index < -0.39 is 17.7 Å². The Labute approximate surface area is 87.4 Å². The lowest BCUT2D eigenvalue weighted by Gasteiger charge is -2.37. The third kappa shape index (κ3) is 1.63. The van der Waals surface area contributed by atoms with E-state index in [4.69, 9.17) is 14.6 Å². The van der Waals surface area contributed by atoms with Crippen LogP contribution in [0, 0.1) is 0 Å². The van der Waals surface area contributed by atoms with Crippen LogP contribution in [0.1, 0.15) is 13.8 Å². The first-order chi connectivity index (χ1) is 7.00. The number of rotatable bonds is 1. The average Bonchev–Trinajstić information content (AvgIpc) is 2.14. The van der Waals surface area contributed by atoms with Crippen LogP contribution in [0.15, 0.2) is 24.3 Å². The Morgan fingerprint density at radius 1 is 1.33 bits per heavy atom. The van der Waals surface area contributed by atoms with E-state index in [1.165, 1.54) is 0 Å². The van der Waals surface area contributed by atoms with Crippen LogP contribution in [-0.2, 0) is 4.79 Å². The van der Waals surface area contributed by atoms with Gasteiger partial charge in [0.25, 0.3) is 0 Å². The molecular formula is C11H12O4. The zero-order valence-electron chi connectivity index (χ0n) is 8.56. The molecule has 1 unspecified atom stereocenters. The molecule has 0 bridgehead atoms. The molecule has 1 heterocycles. The predicted molar refractivity (Wildman–Crippen MR) is 53.2 cm³/mol. The molecule has 2 rings (SSSR count). The monoisotopic (exact) mass is 208 g/mol. The van der Waals surface area contributed by atoms with Crippen molar-refractivity contribution in [2.24, 2.45) is 0 Å². The van der Waals surface area contributed by atoms with Gasteiger partial charge in [0, 0.05) is 0 Å². The molecule has 1 aliphatic rings. The Hall–Kier alpha value is -1.71. The summed E-state index contributed by atoms with van der Waals surface area (Å²) in [5.74, 6) is 0.0405. The van der Waals surface area contributed by atoms with Gasteiger partial charge in [-0.05, 0) is 26.0 Å². The average molecular weight is 208 g/mol. The van der Waals surface area contributed by atoms with Gasteiger partial charge in [0.15, 0.2) is 17.1 Å². The number of aliphatic carboxylic acids is 1. The molecule has 0 fully saturated rings. The number of carboxylic acid groups (broad SMARTS) is 1. The maximum absolute atomic E-state index is 11.0. The summed E-state index contributed by atoms with van der Waals surface area (Å²) in [5.41, 5.74) is -0.861. The summed E-state index contributed by atoms with van der Waals surface area (Å²) < 4.78 is 11.0. The molecule has 0 saturated carbocycles. The van der Waals surface area contributed by atoms with E-state index in [1.54, 1.807) is 32.0 Å². The highest BCUT2D eigenvalue weighted by Crippen LogP contribution is 2.37. The lowest BCUT2D eigenvalue weighted by Crippen LogP contribution is -2.52. The molecular weight excluding hydrogens is 196 g/mol. The lowest BCUT2D eigenvalue weighted by molar-refractivity contribution is -0.157. The Balaban J connectivity index is 2.40. The largest absolute Gasteiger partial charge is 0.479 e. The van der Waals surface area contributed by atoms with Gasteiger partial charge in [-0.25, -0.2) is 4.79 Å². The Kier molecular flexibility index (Phi) is 2.07. The van der Waals surface area contributed by atoms with E-state index >= 15 is 0 Å². The SMILES string of the molecule is CC1(C)Oc2ccccc2OC1C(=O)O. The molecule has 1 atom stereocenters. The highest BCUT2D eigenvalue weighted by atomic mass is 16.6. The van der Waals surface area contributed by atoms with Crippen molar-refractivity contribution in [1.29, 1.82) is 0 Å². The fourth-order valence-corrected chi connectivity index (χ4v) is 1.59. The van der Waals surface area contributed by atoms with Crippen LogP contribution in [0.5, 0.6) is 11.5 Å². The number of carbonyl (C=O) groups is 1. The summed E-state index contributed by atoms with van der Waals surface area (Å²) in [5, 5.41) is 8.99. The van der Waals surface area contributed by atoms with Crippen molar-refractivity contribution >= 4 is 5.97 Å². The fraction of sp³-hybridized carbons (Fsp3) is 0.364. The van der Waals surface area contributed by atoms with Crippen molar-refractivity contribution in [2.45, 2.75) is 25.6 Å².